The number of anilines is 3. The van der Waals surface area contributed by atoms with E-state index in [-0.39, 0.29) is 28.9 Å². The fourth-order valence-corrected chi connectivity index (χ4v) is 4.95. The number of benzene rings is 1. The van der Waals surface area contributed by atoms with Gasteiger partial charge in [-0.05, 0) is 56.7 Å². The highest BCUT2D eigenvalue weighted by molar-refractivity contribution is 6.31. The minimum Gasteiger partial charge on any atom is -0.351 e. The van der Waals surface area contributed by atoms with Gasteiger partial charge in [0, 0.05) is 36.8 Å². The molecule has 1 aromatic carbocycles. The van der Waals surface area contributed by atoms with E-state index < -0.39 is 5.82 Å². The van der Waals surface area contributed by atoms with E-state index in [9.17, 15) is 9.18 Å². The average molecular weight is 499 g/mol. The highest BCUT2D eigenvalue weighted by Crippen LogP contribution is 2.29. The van der Waals surface area contributed by atoms with Crippen LogP contribution in [0.2, 0.25) is 5.02 Å². The topological polar surface area (TPSA) is 122 Å². The third-order valence-electron chi connectivity index (χ3n) is 6.82. The Balaban J connectivity index is 1.23. The Morgan fingerprint density at radius 2 is 1.86 bits per heavy atom. The number of carbonyl (C=O) groups is 1. The van der Waals surface area contributed by atoms with Crippen molar-refractivity contribution < 1.29 is 9.18 Å². The fourth-order valence-electron chi connectivity index (χ4n) is 4.77. The molecule has 1 saturated carbocycles. The van der Waals surface area contributed by atoms with Crippen molar-refractivity contribution >= 4 is 46.0 Å². The molecule has 2 aliphatic rings. The first-order valence-corrected chi connectivity index (χ1v) is 12.3. The molecule has 0 atom stereocenters. The molecule has 0 spiro atoms. The first-order valence-electron chi connectivity index (χ1n) is 12.0. The summed E-state index contributed by atoms with van der Waals surface area (Å²) < 4.78 is 13.5. The van der Waals surface area contributed by atoms with Crippen LogP contribution < -0.4 is 16.4 Å². The third kappa shape index (κ3) is 5.43. The summed E-state index contributed by atoms with van der Waals surface area (Å²) in [5, 5.41) is 6.55. The molecule has 2 fully saturated rings. The van der Waals surface area contributed by atoms with Crippen LogP contribution in [-0.2, 0) is 4.79 Å². The standard InChI is InChI=1S/C24H28ClFN8O/c25-18-11-17(5-6-19(18)26)31-22-21-20(29-13-30-22)12-28-24(33-21)32-16-3-1-14(2-4-16)23(35)34-9-7-15(27)8-10-34/h5-6,11-16H,1-4,7-10,27H2,(H,28,32,33)(H,29,30,31). The summed E-state index contributed by atoms with van der Waals surface area (Å²) >= 11 is 5.90. The van der Waals surface area contributed by atoms with Gasteiger partial charge < -0.3 is 21.3 Å². The summed E-state index contributed by atoms with van der Waals surface area (Å²) in [5.74, 6) is 0.804. The third-order valence-corrected chi connectivity index (χ3v) is 7.11. The number of hydrogen-bond acceptors (Lipinski definition) is 8. The lowest BCUT2D eigenvalue weighted by molar-refractivity contribution is -0.137. The van der Waals surface area contributed by atoms with Gasteiger partial charge in [0.1, 0.15) is 23.2 Å². The second-order valence-corrected chi connectivity index (χ2v) is 9.67. The van der Waals surface area contributed by atoms with Crippen LogP contribution in [0.4, 0.5) is 21.8 Å². The van der Waals surface area contributed by atoms with Gasteiger partial charge in [-0.15, -0.1) is 0 Å². The van der Waals surface area contributed by atoms with Gasteiger partial charge in [0.2, 0.25) is 11.9 Å². The number of likely N-dealkylation sites (tertiary alicyclic amines) is 1. The van der Waals surface area contributed by atoms with Gasteiger partial charge in [-0.25, -0.2) is 24.3 Å². The van der Waals surface area contributed by atoms with Crippen LogP contribution in [-0.4, -0.2) is 55.9 Å². The van der Waals surface area contributed by atoms with Gasteiger partial charge in [0.15, 0.2) is 5.82 Å². The van der Waals surface area contributed by atoms with Gasteiger partial charge in [-0.2, -0.15) is 0 Å². The number of nitrogens with zero attached hydrogens (tertiary/aromatic N) is 5. The van der Waals surface area contributed by atoms with E-state index in [1.54, 1.807) is 12.3 Å². The SMILES string of the molecule is NC1CCN(C(=O)C2CCC(Nc3ncc4ncnc(Nc5ccc(F)c(Cl)c5)c4n3)CC2)CC1. The minimum atomic E-state index is -0.491. The normalized spacial score (nSPS) is 21.2. The van der Waals surface area contributed by atoms with E-state index in [0.717, 1.165) is 51.6 Å². The summed E-state index contributed by atoms with van der Waals surface area (Å²) in [7, 11) is 0. The van der Waals surface area contributed by atoms with E-state index >= 15 is 0 Å². The molecule has 35 heavy (non-hydrogen) atoms. The van der Waals surface area contributed by atoms with Crippen molar-refractivity contribution in [2.75, 3.05) is 23.7 Å². The molecule has 0 bridgehead atoms. The van der Waals surface area contributed by atoms with Crippen LogP contribution in [0.1, 0.15) is 38.5 Å². The maximum absolute atomic E-state index is 13.5. The number of hydrogen-bond donors (Lipinski definition) is 3. The second kappa shape index (κ2) is 10.2. The molecule has 11 heteroatoms. The largest absolute Gasteiger partial charge is 0.351 e. The molecule has 3 heterocycles. The summed E-state index contributed by atoms with van der Waals surface area (Å²) in [6, 6.07) is 4.76. The molecule has 1 aliphatic heterocycles. The number of nitrogens with one attached hydrogen (secondary N) is 2. The van der Waals surface area contributed by atoms with E-state index in [1.807, 2.05) is 4.90 Å². The van der Waals surface area contributed by atoms with Crippen molar-refractivity contribution in [3.63, 3.8) is 0 Å². The molecule has 0 radical (unpaired) electrons. The van der Waals surface area contributed by atoms with Crippen molar-refractivity contribution in [1.29, 1.82) is 0 Å². The van der Waals surface area contributed by atoms with Gasteiger partial charge in [-0.3, -0.25) is 4.79 Å². The summed E-state index contributed by atoms with van der Waals surface area (Å²) in [4.78, 5) is 32.5. The zero-order valence-electron chi connectivity index (χ0n) is 19.3. The maximum atomic E-state index is 13.5. The van der Waals surface area contributed by atoms with Crippen molar-refractivity contribution in [3.8, 4) is 0 Å². The number of nitrogens with two attached hydrogens (primary N) is 1. The quantitative estimate of drug-likeness (QED) is 0.484. The molecule has 1 aliphatic carbocycles. The monoisotopic (exact) mass is 498 g/mol. The van der Waals surface area contributed by atoms with Gasteiger partial charge >= 0.3 is 0 Å². The Bertz CT molecular complexity index is 1210. The lowest BCUT2D eigenvalue weighted by Gasteiger charge is -2.35. The van der Waals surface area contributed by atoms with E-state index in [1.165, 1.54) is 18.5 Å². The van der Waals surface area contributed by atoms with Crippen LogP contribution in [0, 0.1) is 11.7 Å². The number of piperidine rings is 1. The maximum Gasteiger partial charge on any atom is 0.225 e. The van der Waals surface area contributed by atoms with Gasteiger partial charge in [0.05, 0.1) is 11.2 Å². The molecule has 184 valence electrons. The van der Waals surface area contributed by atoms with Gasteiger partial charge in [-0.1, -0.05) is 11.6 Å². The Labute approximate surface area is 207 Å². The first kappa shape index (κ1) is 23.6. The van der Waals surface area contributed by atoms with Crippen LogP contribution in [0.15, 0.2) is 30.7 Å². The highest BCUT2D eigenvalue weighted by atomic mass is 35.5. The molecule has 1 amide bonds. The Morgan fingerprint density at radius 3 is 2.60 bits per heavy atom. The lowest BCUT2D eigenvalue weighted by atomic mass is 9.84. The number of halogens is 2. The van der Waals surface area contributed by atoms with Crippen molar-refractivity contribution in [3.05, 3.63) is 41.6 Å². The molecule has 0 unspecified atom stereocenters. The number of carbonyl (C=O) groups excluding carboxylic acids is 1. The summed E-state index contributed by atoms with van der Waals surface area (Å²) in [5.41, 5.74) is 7.68. The zero-order chi connectivity index (χ0) is 24.4. The number of rotatable bonds is 5. The molecule has 5 rings (SSSR count). The van der Waals surface area contributed by atoms with Crippen LogP contribution in [0.3, 0.4) is 0 Å². The smallest absolute Gasteiger partial charge is 0.225 e. The predicted molar refractivity (Wildman–Crippen MR) is 133 cm³/mol. The average Bonchev–Trinajstić information content (AvgIpc) is 2.87. The van der Waals surface area contributed by atoms with Gasteiger partial charge in [0.25, 0.3) is 0 Å². The van der Waals surface area contributed by atoms with E-state index in [4.69, 9.17) is 17.3 Å². The number of aromatic nitrogens is 4. The molecule has 2 aromatic heterocycles. The van der Waals surface area contributed by atoms with Crippen molar-refractivity contribution in [2.45, 2.75) is 50.6 Å². The van der Waals surface area contributed by atoms with Crippen molar-refractivity contribution in [2.24, 2.45) is 11.7 Å². The lowest BCUT2D eigenvalue weighted by Crippen LogP contribution is -2.46. The number of fused-ring (bicyclic) bond motifs is 1. The van der Waals surface area contributed by atoms with E-state index in [2.05, 4.69) is 30.6 Å². The first-order chi connectivity index (χ1) is 17.0. The minimum absolute atomic E-state index is 0.0169. The summed E-state index contributed by atoms with van der Waals surface area (Å²) in [6.07, 6.45) is 8.26. The zero-order valence-corrected chi connectivity index (χ0v) is 20.0. The fraction of sp³-hybridized carbons (Fsp3) is 0.458. The van der Waals surface area contributed by atoms with Crippen LogP contribution in [0.25, 0.3) is 11.0 Å². The molecule has 9 nitrogen and oxygen atoms in total. The molecular formula is C24H28ClFN8O. The summed E-state index contributed by atoms with van der Waals surface area (Å²) in [6.45, 7) is 1.54. The van der Waals surface area contributed by atoms with E-state index in [0.29, 0.717) is 28.5 Å². The second-order valence-electron chi connectivity index (χ2n) is 9.26. The molecule has 3 aromatic rings. The van der Waals surface area contributed by atoms with Crippen LogP contribution in [0.5, 0.6) is 0 Å². The molecule has 4 N–H and O–H groups in total. The Kier molecular flexibility index (Phi) is 6.92. The van der Waals surface area contributed by atoms with Crippen molar-refractivity contribution in [1.82, 2.24) is 24.8 Å². The number of amides is 1. The Hall–Kier alpha value is -3.11. The molecule has 1 saturated heterocycles. The highest BCUT2D eigenvalue weighted by Gasteiger charge is 2.31. The predicted octanol–water partition coefficient (Wildman–Crippen LogP) is 3.88. The molecular weight excluding hydrogens is 471 g/mol. The van der Waals surface area contributed by atoms with Crippen LogP contribution >= 0.6 is 11.6 Å². The Morgan fingerprint density at radius 1 is 1.09 bits per heavy atom.